The molecule has 0 saturated heterocycles. The number of nitrogens with one attached hydrogen (secondary N) is 2. The van der Waals surface area contributed by atoms with Crippen LogP contribution in [0, 0.1) is 0 Å². The van der Waals surface area contributed by atoms with Crippen LogP contribution in [0.15, 0.2) is 77.9 Å². The number of rotatable bonds is 3. The van der Waals surface area contributed by atoms with Crippen LogP contribution in [-0.2, 0) is 0 Å². The van der Waals surface area contributed by atoms with Crippen LogP contribution in [0.1, 0.15) is 0 Å². The molecule has 2 aromatic carbocycles. The first-order valence-corrected chi connectivity index (χ1v) is 6.30. The van der Waals surface area contributed by atoms with Crippen molar-refractivity contribution in [2.75, 3.05) is 5.32 Å². The molecule has 0 spiro atoms. The van der Waals surface area contributed by atoms with Crippen LogP contribution in [0.4, 0.5) is 11.4 Å². The molecule has 3 rings (SSSR count). The zero-order valence-corrected chi connectivity index (χ0v) is 10.5. The normalized spacial score (nSPS) is 19.4. The van der Waals surface area contributed by atoms with Crippen molar-refractivity contribution in [3.05, 3.63) is 72.9 Å². The lowest BCUT2D eigenvalue weighted by atomic mass is 10.2. The highest BCUT2D eigenvalue weighted by Crippen LogP contribution is 2.15. The topological polar surface area (TPSA) is 36.4 Å². The minimum atomic E-state index is 0.0857. The molecule has 1 aliphatic rings. The van der Waals surface area contributed by atoms with E-state index in [0.29, 0.717) is 0 Å². The van der Waals surface area contributed by atoms with Gasteiger partial charge in [0.05, 0.1) is 5.69 Å². The highest BCUT2D eigenvalue weighted by Gasteiger charge is 2.16. The first kappa shape index (κ1) is 11.5. The van der Waals surface area contributed by atoms with E-state index in [4.69, 9.17) is 0 Å². The van der Waals surface area contributed by atoms with Gasteiger partial charge in [0.15, 0.2) is 0 Å². The maximum atomic E-state index is 4.62. The molecular formula is C16H15N3. The minimum Gasteiger partial charge on any atom is -0.372 e. The van der Waals surface area contributed by atoms with Crippen molar-refractivity contribution in [3.63, 3.8) is 0 Å². The largest absolute Gasteiger partial charge is 0.372 e. The number of aliphatic imine (C=N–C) groups is 1. The lowest BCUT2D eigenvalue weighted by molar-refractivity contribution is 1.14. The van der Waals surface area contributed by atoms with Gasteiger partial charge in [-0.2, -0.15) is 0 Å². The molecule has 1 atom stereocenters. The van der Waals surface area contributed by atoms with Crippen LogP contribution in [0.5, 0.6) is 0 Å². The van der Waals surface area contributed by atoms with Gasteiger partial charge >= 0.3 is 0 Å². The van der Waals surface area contributed by atoms with Crippen molar-refractivity contribution in [1.82, 2.24) is 5.32 Å². The molecule has 0 aromatic heterocycles. The third-order valence-electron chi connectivity index (χ3n) is 2.92. The van der Waals surface area contributed by atoms with E-state index in [0.717, 1.165) is 17.2 Å². The van der Waals surface area contributed by atoms with Gasteiger partial charge in [-0.25, -0.2) is 4.99 Å². The Kier molecular flexibility index (Phi) is 3.28. The summed E-state index contributed by atoms with van der Waals surface area (Å²) in [5.74, 6) is 0.912. The maximum absolute atomic E-state index is 4.62. The van der Waals surface area contributed by atoms with Crippen molar-refractivity contribution in [3.8, 4) is 0 Å². The summed E-state index contributed by atoms with van der Waals surface area (Å²) >= 11 is 0. The molecule has 0 radical (unpaired) electrons. The van der Waals surface area contributed by atoms with Crippen LogP contribution in [0.2, 0.25) is 0 Å². The van der Waals surface area contributed by atoms with E-state index in [-0.39, 0.29) is 6.04 Å². The van der Waals surface area contributed by atoms with Gasteiger partial charge in [-0.3, -0.25) is 0 Å². The van der Waals surface area contributed by atoms with Crippen molar-refractivity contribution in [1.29, 1.82) is 0 Å². The Balaban J connectivity index is 1.78. The van der Waals surface area contributed by atoms with Gasteiger partial charge in [-0.1, -0.05) is 36.4 Å². The predicted octanol–water partition coefficient (Wildman–Crippen LogP) is 3.31. The average Bonchev–Trinajstić information content (AvgIpc) is 2.88. The molecule has 3 nitrogen and oxygen atoms in total. The molecule has 3 heteroatoms. The summed E-state index contributed by atoms with van der Waals surface area (Å²) in [7, 11) is 0. The second-order valence-corrected chi connectivity index (χ2v) is 4.32. The molecule has 94 valence electrons. The summed E-state index contributed by atoms with van der Waals surface area (Å²) in [4.78, 5) is 4.62. The average molecular weight is 249 g/mol. The smallest absolute Gasteiger partial charge is 0.133 e. The number of para-hydroxylation sites is 2. The molecule has 1 heterocycles. The molecule has 1 aliphatic heterocycles. The molecule has 0 fully saturated rings. The van der Waals surface area contributed by atoms with Crippen LogP contribution < -0.4 is 10.6 Å². The Morgan fingerprint density at radius 3 is 2.32 bits per heavy atom. The zero-order valence-electron chi connectivity index (χ0n) is 10.5. The second kappa shape index (κ2) is 5.40. The van der Waals surface area contributed by atoms with Crippen molar-refractivity contribution < 1.29 is 0 Å². The number of hydrogen-bond donors (Lipinski definition) is 2. The Bertz CT molecular complexity index is 588. The number of benzene rings is 2. The summed E-state index contributed by atoms with van der Waals surface area (Å²) in [6.45, 7) is 0. The van der Waals surface area contributed by atoms with Gasteiger partial charge in [-0.05, 0) is 30.3 Å². The van der Waals surface area contributed by atoms with Gasteiger partial charge in [0.25, 0.3) is 0 Å². The quantitative estimate of drug-likeness (QED) is 0.875. The fourth-order valence-electron chi connectivity index (χ4n) is 1.98. The maximum Gasteiger partial charge on any atom is 0.133 e. The first-order valence-electron chi connectivity index (χ1n) is 6.30. The summed E-state index contributed by atoms with van der Waals surface area (Å²) in [5.41, 5.74) is 2.04. The van der Waals surface area contributed by atoms with E-state index >= 15 is 0 Å². The Labute approximate surface area is 112 Å². The van der Waals surface area contributed by atoms with Crippen LogP contribution in [0.3, 0.4) is 0 Å². The molecule has 1 unspecified atom stereocenters. The minimum absolute atomic E-state index is 0.0857. The fraction of sp³-hybridized carbons (Fsp3) is 0.0625. The van der Waals surface area contributed by atoms with Crippen LogP contribution >= 0.6 is 0 Å². The summed E-state index contributed by atoms with van der Waals surface area (Å²) in [6, 6.07) is 20.2. The summed E-state index contributed by atoms with van der Waals surface area (Å²) in [5, 5.41) is 6.61. The van der Waals surface area contributed by atoms with Gasteiger partial charge in [0.2, 0.25) is 0 Å². The third-order valence-corrected chi connectivity index (χ3v) is 2.92. The third kappa shape index (κ3) is 2.83. The van der Waals surface area contributed by atoms with Gasteiger partial charge in [-0.15, -0.1) is 0 Å². The molecule has 0 amide bonds. The lowest BCUT2D eigenvalue weighted by Gasteiger charge is -2.13. The van der Waals surface area contributed by atoms with E-state index in [2.05, 4.69) is 21.7 Å². The predicted molar refractivity (Wildman–Crippen MR) is 79.7 cm³/mol. The Morgan fingerprint density at radius 2 is 1.58 bits per heavy atom. The van der Waals surface area contributed by atoms with Gasteiger partial charge in [0.1, 0.15) is 11.9 Å². The van der Waals surface area contributed by atoms with E-state index < -0.39 is 0 Å². The monoisotopic (exact) mass is 249 g/mol. The lowest BCUT2D eigenvalue weighted by Crippen LogP contribution is -2.30. The van der Waals surface area contributed by atoms with Gasteiger partial charge < -0.3 is 10.6 Å². The van der Waals surface area contributed by atoms with E-state index in [9.17, 15) is 0 Å². The SMILES string of the molecule is C1=CC(Nc2ccccc2)C(=Nc2ccccc2)N1. The van der Waals surface area contributed by atoms with Crippen molar-refractivity contribution in [2.24, 2.45) is 4.99 Å². The Hall–Kier alpha value is -2.55. The zero-order chi connectivity index (χ0) is 12.9. The second-order valence-electron chi connectivity index (χ2n) is 4.32. The van der Waals surface area contributed by atoms with Crippen molar-refractivity contribution in [2.45, 2.75) is 6.04 Å². The standard InChI is InChI=1S/C16H15N3/c1-3-7-13(8-4-1)18-15-11-12-17-16(15)19-14-9-5-2-6-10-14/h1-12,15,18H,(H,17,19). The number of hydrogen-bond acceptors (Lipinski definition) is 2. The molecule has 0 saturated carbocycles. The van der Waals surface area contributed by atoms with Crippen LogP contribution in [0.25, 0.3) is 0 Å². The number of amidine groups is 1. The van der Waals surface area contributed by atoms with E-state index in [1.54, 1.807) is 0 Å². The molecule has 19 heavy (non-hydrogen) atoms. The number of anilines is 1. The molecule has 0 aliphatic carbocycles. The van der Waals surface area contributed by atoms with Crippen LogP contribution in [-0.4, -0.2) is 11.9 Å². The summed E-state index contributed by atoms with van der Waals surface area (Å²) in [6.07, 6.45) is 3.98. The number of nitrogens with zero attached hydrogens (tertiary/aromatic N) is 1. The Morgan fingerprint density at radius 1 is 0.895 bits per heavy atom. The highest BCUT2D eigenvalue weighted by atomic mass is 15.1. The molecular weight excluding hydrogens is 234 g/mol. The van der Waals surface area contributed by atoms with E-state index in [1.807, 2.05) is 66.9 Å². The molecule has 0 bridgehead atoms. The van der Waals surface area contributed by atoms with E-state index in [1.165, 1.54) is 0 Å². The first-order chi connectivity index (χ1) is 9.42. The van der Waals surface area contributed by atoms with Gasteiger partial charge in [0, 0.05) is 11.9 Å². The fourth-order valence-corrected chi connectivity index (χ4v) is 1.98. The molecule has 2 N–H and O–H groups in total. The highest BCUT2D eigenvalue weighted by molar-refractivity contribution is 5.96. The molecule has 2 aromatic rings. The van der Waals surface area contributed by atoms with Crippen molar-refractivity contribution >= 4 is 17.2 Å². The summed E-state index contributed by atoms with van der Waals surface area (Å²) < 4.78 is 0.